The van der Waals surface area contributed by atoms with E-state index in [0.717, 1.165) is 21.9 Å². The van der Waals surface area contributed by atoms with Crippen molar-refractivity contribution < 1.29 is 4.42 Å². The van der Waals surface area contributed by atoms with Gasteiger partial charge < -0.3 is 4.42 Å². The molecule has 1 aromatic heterocycles. The van der Waals surface area contributed by atoms with Gasteiger partial charge in [0.1, 0.15) is 11.2 Å². The van der Waals surface area contributed by atoms with Crippen LogP contribution in [0.3, 0.4) is 0 Å². The summed E-state index contributed by atoms with van der Waals surface area (Å²) < 4.78 is 6.14. The van der Waals surface area contributed by atoms with Crippen LogP contribution in [0.1, 0.15) is 0 Å². The Hall–Kier alpha value is -6.44. The molecule has 9 aromatic carbocycles. The average molecular weight is 623 g/mol. The van der Waals surface area contributed by atoms with Gasteiger partial charge in [-0.2, -0.15) is 0 Å². The fourth-order valence-corrected chi connectivity index (χ4v) is 7.80. The van der Waals surface area contributed by atoms with Crippen molar-refractivity contribution >= 4 is 54.3 Å². The Kier molecular flexibility index (Phi) is 6.25. The van der Waals surface area contributed by atoms with Gasteiger partial charge in [0.2, 0.25) is 0 Å². The molecule has 0 amide bonds. The molecule has 1 heterocycles. The van der Waals surface area contributed by atoms with E-state index in [-0.39, 0.29) is 0 Å². The molecule has 0 radical (unpaired) electrons. The van der Waals surface area contributed by atoms with Crippen LogP contribution < -0.4 is 0 Å². The van der Waals surface area contributed by atoms with Crippen LogP contribution in [-0.4, -0.2) is 0 Å². The van der Waals surface area contributed by atoms with Crippen LogP contribution in [0.4, 0.5) is 0 Å². The lowest BCUT2D eigenvalue weighted by Crippen LogP contribution is -1.93. The fourth-order valence-electron chi connectivity index (χ4n) is 7.80. The first-order chi connectivity index (χ1) is 24.3. The van der Waals surface area contributed by atoms with E-state index in [1.165, 1.54) is 76.8 Å². The number of hydrogen-bond donors (Lipinski definition) is 0. The monoisotopic (exact) mass is 622 g/mol. The van der Waals surface area contributed by atoms with Gasteiger partial charge in [-0.3, -0.25) is 0 Å². The minimum absolute atomic E-state index is 0.914. The molecular formula is C48H30O. The summed E-state index contributed by atoms with van der Waals surface area (Å²) in [4.78, 5) is 0. The van der Waals surface area contributed by atoms with Gasteiger partial charge in [-0.1, -0.05) is 152 Å². The topological polar surface area (TPSA) is 13.1 Å². The third-order valence-corrected chi connectivity index (χ3v) is 10.0. The van der Waals surface area contributed by atoms with E-state index in [1.807, 2.05) is 12.1 Å². The molecule has 0 saturated carbocycles. The number of fused-ring (bicyclic) bond motifs is 6. The van der Waals surface area contributed by atoms with Gasteiger partial charge in [-0.15, -0.1) is 0 Å². The first kappa shape index (κ1) is 27.7. The second-order valence-electron chi connectivity index (χ2n) is 12.8. The molecule has 0 aliphatic heterocycles. The highest BCUT2D eigenvalue weighted by Gasteiger charge is 2.19. The highest BCUT2D eigenvalue weighted by molar-refractivity contribution is 6.22. The zero-order valence-electron chi connectivity index (χ0n) is 26.7. The molecule has 0 fully saturated rings. The standard InChI is InChI=1S/C48H30O/c1-2-13-32-28-35(25-24-31(32)12-1)37-16-3-4-18-39(37)48-42-21-7-5-19-40(42)47(41-20-6-8-22-43(41)48)36-15-11-14-33(29-36)34-26-27-46-44(30-34)38-17-9-10-23-45(38)49-46/h1-30H. The van der Waals surface area contributed by atoms with E-state index in [1.54, 1.807) is 0 Å². The Labute approximate surface area is 284 Å². The molecule has 228 valence electrons. The molecule has 1 nitrogen and oxygen atoms in total. The van der Waals surface area contributed by atoms with Crippen molar-refractivity contribution in [2.45, 2.75) is 0 Å². The van der Waals surface area contributed by atoms with Gasteiger partial charge in [0.25, 0.3) is 0 Å². The summed E-state index contributed by atoms with van der Waals surface area (Å²) in [6.45, 7) is 0. The molecule has 10 rings (SSSR count). The number of para-hydroxylation sites is 1. The maximum absolute atomic E-state index is 6.14. The van der Waals surface area contributed by atoms with Gasteiger partial charge >= 0.3 is 0 Å². The van der Waals surface area contributed by atoms with Crippen molar-refractivity contribution in [2.24, 2.45) is 0 Å². The first-order valence-electron chi connectivity index (χ1n) is 16.8. The van der Waals surface area contributed by atoms with Crippen LogP contribution in [0.5, 0.6) is 0 Å². The highest BCUT2D eigenvalue weighted by atomic mass is 16.3. The Bertz CT molecular complexity index is 2830. The third-order valence-electron chi connectivity index (χ3n) is 10.0. The Balaban J connectivity index is 1.19. The predicted molar refractivity (Wildman–Crippen MR) is 208 cm³/mol. The smallest absolute Gasteiger partial charge is 0.135 e. The van der Waals surface area contributed by atoms with Gasteiger partial charge in [0, 0.05) is 10.8 Å². The van der Waals surface area contributed by atoms with E-state index >= 15 is 0 Å². The summed E-state index contributed by atoms with van der Waals surface area (Å²) in [6, 6.07) is 65.9. The van der Waals surface area contributed by atoms with Crippen LogP contribution in [0.15, 0.2) is 186 Å². The zero-order valence-corrected chi connectivity index (χ0v) is 26.7. The Morgan fingerprint density at radius 3 is 1.59 bits per heavy atom. The Morgan fingerprint density at radius 2 is 0.816 bits per heavy atom. The summed E-state index contributed by atoms with van der Waals surface area (Å²) in [6.07, 6.45) is 0. The summed E-state index contributed by atoms with van der Waals surface area (Å²) in [7, 11) is 0. The number of rotatable bonds is 4. The molecule has 0 atom stereocenters. The minimum Gasteiger partial charge on any atom is -0.456 e. The zero-order chi connectivity index (χ0) is 32.3. The Morgan fingerprint density at radius 1 is 0.265 bits per heavy atom. The van der Waals surface area contributed by atoms with Crippen LogP contribution in [0.2, 0.25) is 0 Å². The van der Waals surface area contributed by atoms with Crippen molar-refractivity contribution in [3.63, 3.8) is 0 Å². The lowest BCUT2D eigenvalue weighted by molar-refractivity contribution is 0.669. The summed E-state index contributed by atoms with van der Waals surface area (Å²) >= 11 is 0. The fraction of sp³-hybridized carbons (Fsp3) is 0. The van der Waals surface area contributed by atoms with Crippen molar-refractivity contribution in [1.82, 2.24) is 0 Å². The summed E-state index contributed by atoms with van der Waals surface area (Å²) in [5, 5.41) is 9.79. The molecule has 0 bridgehead atoms. The lowest BCUT2D eigenvalue weighted by atomic mass is 9.83. The summed E-state index contributed by atoms with van der Waals surface area (Å²) in [5.41, 5.74) is 11.6. The SMILES string of the molecule is c1cc(-c2ccc3oc4ccccc4c3c2)cc(-c2c3ccccc3c(-c3ccccc3-c3ccc4ccccc4c3)c3ccccc23)c1. The second kappa shape index (κ2) is 11.1. The quantitative estimate of drug-likeness (QED) is 0.178. The first-order valence-corrected chi connectivity index (χ1v) is 16.8. The number of hydrogen-bond acceptors (Lipinski definition) is 1. The van der Waals surface area contributed by atoms with E-state index in [4.69, 9.17) is 4.42 Å². The minimum atomic E-state index is 0.914. The van der Waals surface area contributed by atoms with Crippen molar-refractivity contribution in [2.75, 3.05) is 0 Å². The van der Waals surface area contributed by atoms with E-state index in [2.05, 4.69) is 170 Å². The normalized spacial score (nSPS) is 11.7. The molecule has 1 heteroatoms. The number of benzene rings is 9. The van der Waals surface area contributed by atoms with Crippen LogP contribution >= 0.6 is 0 Å². The largest absolute Gasteiger partial charge is 0.456 e. The molecule has 0 aliphatic carbocycles. The number of furan rings is 1. The van der Waals surface area contributed by atoms with Crippen molar-refractivity contribution in [3.05, 3.63) is 182 Å². The summed E-state index contributed by atoms with van der Waals surface area (Å²) in [5.74, 6) is 0. The molecule has 0 saturated heterocycles. The maximum atomic E-state index is 6.14. The van der Waals surface area contributed by atoms with E-state index in [0.29, 0.717) is 0 Å². The highest BCUT2D eigenvalue weighted by Crippen LogP contribution is 2.46. The third kappa shape index (κ3) is 4.47. The molecule has 0 spiro atoms. The van der Waals surface area contributed by atoms with E-state index in [9.17, 15) is 0 Å². The van der Waals surface area contributed by atoms with Crippen molar-refractivity contribution in [3.8, 4) is 44.5 Å². The van der Waals surface area contributed by atoms with E-state index < -0.39 is 0 Å². The molecule has 49 heavy (non-hydrogen) atoms. The lowest BCUT2D eigenvalue weighted by Gasteiger charge is -2.20. The van der Waals surface area contributed by atoms with Gasteiger partial charge in [0.05, 0.1) is 0 Å². The van der Waals surface area contributed by atoms with Crippen LogP contribution in [0, 0.1) is 0 Å². The molecular weight excluding hydrogens is 593 g/mol. The van der Waals surface area contributed by atoms with Crippen LogP contribution in [-0.2, 0) is 0 Å². The van der Waals surface area contributed by atoms with Gasteiger partial charge in [-0.05, 0) is 107 Å². The molecule has 0 N–H and O–H groups in total. The molecule has 0 aliphatic rings. The molecule has 10 aromatic rings. The average Bonchev–Trinajstić information content (AvgIpc) is 3.55. The van der Waals surface area contributed by atoms with Gasteiger partial charge in [0.15, 0.2) is 0 Å². The van der Waals surface area contributed by atoms with Crippen LogP contribution in [0.25, 0.3) is 98.8 Å². The van der Waals surface area contributed by atoms with Crippen molar-refractivity contribution in [1.29, 1.82) is 0 Å². The molecule has 0 unspecified atom stereocenters. The maximum Gasteiger partial charge on any atom is 0.135 e. The second-order valence-corrected chi connectivity index (χ2v) is 12.8. The van der Waals surface area contributed by atoms with Gasteiger partial charge in [-0.25, -0.2) is 0 Å². The predicted octanol–water partition coefficient (Wildman–Crippen LogP) is 13.7.